The van der Waals surface area contributed by atoms with Crippen LogP contribution in [-0.4, -0.2) is 18.5 Å². The van der Waals surface area contributed by atoms with E-state index in [4.69, 9.17) is 0 Å². The normalized spacial score (nSPS) is 23.1. The third-order valence-corrected chi connectivity index (χ3v) is 3.98. The van der Waals surface area contributed by atoms with E-state index in [0.717, 1.165) is 18.7 Å². The van der Waals surface area contributed by atoms with Crippen LogP contribution in [0.2, 0.25) is 0 Å². The molecule has 0 radical (unpaired) electrons. The number of anilines is 1. The van der Waals surface area contributed by atoms with Crippen LogP contribution in [0.3, 0.4) is 0 Å². The lowest BCUT2D eigenvalue weighted by Gasteiger charge is -2.29. The van der Waals surface area contributed by atoms with Gasteiger partial charge in [0.1, 0.15) is 0 Å². The number of hydrogen-bond donors (Lipinski definition) is 2. The van der Waals surface area contributed by atoms with Crippen molar-refractivity contribution in [2.45, 2.75) is 45.6 Å². The smallest absolute Gasteiger partial charge is 0.225 e. The minimum Gasteiger partial charge on any atom is -0.326 e. The number of hydrogen-bond acceptors (Lipinski definition) is 2. The SMILES string of the molecule is CCc1ccc(NC(=O)CC2NCCCC2C)cc1. The Bertz CT molecular complexity index is 413. The Morgan fingerprint density at radius 3 is 2.74 bits per heavy atom. The number of aryl methyl sites for hydroxylation is 1. The Morgan fingerprint density at radius 1 is 1.37 bits per heavy atom. The Balaban J connectivity index is 1.86. The minimum atomic E-state index is 0.107. The molecular formula is C16H24N2O. The molecule has 19 heavy (non-hydrogen) atoms. The summed E-state index contributed by atoms with van der Waals surface area (Å²) in [6.07, 6.45) is 4.03. The van der Waals surface area contributed by atoms with E-state index in [1.165, 1.54) is 18.4 Å². The summed E-state index contributed by atoms with van der Waals surface area (Å²) in [5.41, 5.74) is 2.19. The second-order valence-corrected chi connectivity index (χ2v) is 5.48. The minimum absolute atomic E-state index is 0.107. The van der Waals surface area contributed by atoms with E-state index in [1.807, 2.05) is 12.1 Å². The first-order valence-corrected chi connectivity index (χ1v) is 7.31. The summed E-state index contributed by atoms with van der Waals surface area (Å²) in [7, 11) is 0. The number of rotatable bonds is 4. The molecule has 1 fully saturated rings. The molecule has 0 spiro atoms. The Labute approximate surface area is 115 Å². The highest BCUT2D eigenvalue weighted by molar-refractivity contribution is 5.91. The number of carbonyl (C=O) groups is 1. The van der Waals surface area contributed by atoms with Crippen LogP contribution in [0.1, 0.15) is 38.7 Å². The van der Waals surface area contributed by atoms with Gasteiger partial charge in [-0.15, -0.1) is 0 Å². The molecule has 2 rings (SSSR count). The second kappa shape index (κ2) is 6.71. The first-order chi connectivity index (χ1) is 9.19. The molecule has 1 aromatic carbocycles. The quantitative estimate of drug-likeness (QED) is 0.874. The molecule has 3 heteroatoms. The van der Waals surface area contributed by atoms with Crippen molar-refractivity contribution in [3.63, 3.8) is 0 Å². The average Bonchev–Trinajstić information content (AvgIpc) is 2.42. The summed E-state index contributed by atoms with van der Waals surface area (Å²) < 4.78 is 0. The monoisotopic (exact) mass is 260 g/mol. The number of nitrogens with one attached hydrogen (secondary N) is 2. The molecule has 1 heterocycles. The molecule has 0 saturated carbocycles. The topological polar surface area (TPSA) is 41.1 Å². The maximum atomic E-state index is 12.0. The van der Waals surface area contributed by atoms with E-state index in [1.54, 1.807) is 0 Å². The average molecular weight is 260 g/mol. The zero-order chi connectivity index (χ0) is 13.7. The standard InChI is InChI=1S/C16H24N2O/c1-3-13-6-8-14(9-7-13)18-16(19)11-15-12(2)5-4-10-17-15/h6-9,12,15,17H,3-5,10-11H2,1-2H3,(H,18,19). The van der Waals surface area contributed by atoms with Crippen LogP contribution in [0.5, 0.6) is 0 Å². The Kier molecular flexibility index (Phi) is 4.97. The molecule has 0 aliphatic carbocycles. The van der Waals surface area contributed by atoms with E-state index in [0.29, 0.717) is 18.4 Å². The fourth-order valence-corrected chi connectivity index (χ4v) is 2.62. The zero-order valence-corrected chi connectivity index (χ0v) is 11.9. The van der Waals surface area contributed by atoms with E-state index < -0.39 is 0 Å². The van der Waals surface area contributed by atoms with Crippen molar-refractivity contribution in [2.75, 3.05) is 11.9 Å². The van der Waals surface area contributed by atoms with Crippen LogP contribution in [0, 0.1) is 5.92 Å². The zero-order valence-electron chi connectivity index (χ0n) is 11.9. The van der Waals surface area contributed by atoms with Gasteiger partial charge in [-0.05, 0) is 49.4 Å². The fraction of sp³-hybridized carbons (Fsp3) is 0.562. The van der Waals surface area contributed by atoms with Crippen LogP contribution >= 0.6 is 0 Å². The largest absolute Gasteiger partial charge is 0.326 e. The van der Waals surface area contributed by atoms with Crippen molar-refractivity contribution in [1.29, 1.82) is 0 Å². The van der Waals surface area contributed by atoms with Gasteiger partial charge in [-0.1, -0.05) is 26.0 Å². The highest BCUT2D eigenvalue weighted by Crippen LogP contribution is 2.19. The summed E-state index contributed by atoms with van der Waals surface area (Å²) in [6, 6.07) is 8.42. The molecule has 0 aromatic heterocycles. The van der Waals surface area contributed by atoms with Gasteiger partial charge >= 0.3 is 0 Å². The molecule has 1 aliphatic rings. The number of benzene rings is 1. The first kappa shape index (κ1) is 14.1. The summed E-state index contributed by atoms with van der Waals surface area (Å²) in [6.45, 7) is 5.39. The first-order valence-electron chi connectivity index (χ1n) is 7.31. The van der Waals surface area contributed by atoms with Crippen molar-refractivity contribution in [3.05, 3.63) is 29.8 Å². The van der Waals surface area contributed by atoms with Crippen molar-refractivity contribution >= 4 is 11.6 Å². The highest BCUT2D eigenvalue weighted by Gasteiger charge is 2.23. The number of piperidine rings is 1. The lowest BCUT2D eigenvalue weighted by atomic mass is 9.90. The molecule has 2 N–H and O–H groups in total. The molecule has 104 valence electrons. The summed E-state index contributed by atoms with van der Waals surface area (Å²) in [4.78, 5) is 12.0. The van der Waals surface area contributed by atoms with Crippen molar-refractivity contribution in [2.24, 2.45) is 5.92 Å². The predicted octanol–water partition coefficient (Wildman–Crippen LogP) is 2.97. The molecule has 1 amide bonds. The van der Waals surface area contributed by atoms with Crippen LogP contribution in [0.4, 0.5) is 5.69 Å². The summed E-state index contributed by atoms with van der Waals surface area (Å²) >= 11 is 0. The third kappa shape index (κ3) is 4.06. The van der Waals surface area contributed by atoms with Crippen LogP contribution in [0.25, 0.3) is 0 Å². The summed E-state index contributed by atoms with van der Waals surface area (Å²) in [5, 5.41) is 6.43. The third-order valence-electron chi connectivity index (χ3n) is 3.98. The van der Waals surface area contributed by atoms with Gasteiger partial charge in [-0.25, -0.2) is 0 Å². The van der Waals surface area contributed by atoms with E-state index in [-0.39, 0.29) is 5.91 Å². The van der Waals surface area contributed by atoms with E-state index >= 15 is 0 Å². The molecule has 3 nitrogen and oxygen atoms in total. The second-order valence-electron chi connectivity index (χ2n) is 5.48. The molecule has 1 saturated heterocycles. The van der Waals surface area contributed by atoms with Gasteiger partial charge in [0.2, 0.25) is 5.91 Å². The lowest BCUT2D eigenvalue weighted by Crippen LogP contribution is -2.42. The Hall–Kier alpha value is -1.35. The van der Waals surface area contributed by atoms with Gasteiger partial charge < -0.3 is 10.6 Å². The number of amides is 1. The number of carbonyl (C=O) groups excluding carboxylic acids is 1. The van der Waals surface area contributed by atoms with Gasteiger partial charge in [0.05, 0.1) is 0 Å². The molecule has 2 atom stereocenters. The van der Waals surface area contributed by atoms with Gasteiger partial charge in [0, 0.05) is 18.2 Å². The molecule has 1 aliphatic heterocycles. The molecule has 0 bridgehead atoms. The molecule has 1 aromatic rings. The van der Waals surface area contributed by atoms with Crippen molar-refractivity contribution in [1.82, 2.24) is 5.32 Å². The fourth-order valence-electron chi connectivity index (χ4n) is 2.62. The van der Waals surface area contributed by atoms with Crippen LogP contribution in [0.15, 0.2) is 24.3 Å². The molecular weight excluding hydrogens is 236 g/mol. The van der Waals surface area contributed by atoms with E-state index in [9.17, 15) is 4.79 Å². The predicted molar refractivity (Wildman–Crippen MR) is 79.3 cm³/mol. The van der Waals surface area contributed by atoms with Gasteiger partial charge in [-0.3, -0.25) is 4.79 Å². The van der Waals surface area contributed by atoms with Gasteiger partial charge in [0.25, 0.3) is 0 Å². The Morgan fingerprint density at radius 2 is 2.11 bits per heavy atom. The van der Waals surface area contributed by atoms with E-state index in [2.05, 4.69) is 36.6 Å². The lowest BCUT2D eigenvalue weighted by molar-refractivity contribution is -0.117. The van der Waals surface area contributed by atoms with Gasteiger partial charge in [0.15, 0.2) is 0 Å². The van der Waals surface area contributed by atoms with Crippen molar-refractivity contribution < 1.29 is 4.79 Å². The maximum absolute atomic E-state index is 12.0. The van der Waals surface area contributed by atoms with Crippen LogP contribution in [-0.2, 0) is 11.2 Å². The van der Waals surface area contributed by atoms with Crippen molar-refractivity contribution in [3.8, 4) is 0 Å². The summed E-state index contributed by atoms with van der Waals surface area (Å²) in [5.74, 6) is 0.692. The van der Waals surface area contributed by atoms with Crippen LogP contribution < -0.4 is 10.6 Å². The van der Waals surface area contributed by atoms with Gasteiger partial charge in [-0.2, -0.15) is 0 Å². The molecule has 2 unspecified atom stereocenters. The maximum Gasteiger partial charge on any atom is 0.225 e. The highest BCUT2D eigenvalue weighted by atomic mass is 16.1.